The molecule has 0 saturated carbocycles. The van der Waals surface area contributed by atoms with Crippen LogP contribution in [0.3, 0.4) is 0 Å². The van der Waals surface area contributed by atoms with Gasteiger partial charge in [0.2, 0.25) is 0 Å². The molecule has 2 aromatic carbocycles. The fourth-order valence-corrected chi connectivity index (χ4v) is 3.69. The van der Waals surface area contributed by atoms with E-state index in [0.29, 0.717) is 5.56 Å². The van der Waals surface area contributed by atoms with E-state index in [1.54, 1.807) is 0 Å². The lowest BCUT2D eigenvalue weighted by atomic mass is 10.1. The molecule has 128 valence electrons. The third-order valence-electron chi connectivity index (χ3n) is 4.00. The molecule has 25 heavy (non-hydrogen) atoms. The third kappa shape index (κ3) is 3.85. The van der Waals surface area contributed by atoms with E-state index in [-0.39, 0.29) is 11.0 Å². The van der Waals surface area contributed by atoms with Crippen molar-refractivity contribution in [1.29, 1.82) is 0 Å². The molecular formula is C19H18BrN3OS. The molecule has 6 heteroatoms. The van der Waals surface area contributed by atoms with Gasteiger partial charge in [0.15, 0.2) is 16.8 Å². The first-order valence-corrected chi connectivity index (χ1v) is 9.56. The van der Waals surface area contributed by atoms with Crippen molar-refractivity contribution in [3.05, 3.63) is 64.1 Å². The van der Waals surface area contributed by atoms with Crippen molar-refractivity contribution in [2.24, 2.45) is 7.05 Å². The fourth-order valence-electron chi connectivity index (χ4n) is 2.54. The highest BCUT2D eigenvalue weighted by Crippen LogP contribution is 2.28. The first-order chi connectivity index (χ1) is 12.0. The van der Waals surface area contributed by atoms with E-state index in [9.17, 15) is 4.79 Å². The van der Waals surface area contributed by atoms with E-state index < -0.39 is 0 Å². The summed E-state index contributed by atoms with van der Waals surface area (Å²) in [5.74, 6) is 0.891. The minimum Gasteiger partial charge on any atom is -0.305 e. The molecule has 0 N–H and O–H groups in total. The number of aryl methyl sites for hydroxylation is 1. The first-order valence-electron chi connectivity index (χ1n) is 7.89. The van der Waals surface area contributed by atoms with Gasteiger partial charge in [0.1, 0.15) is 0 Å². The zero-order valence-corrected chi connectivity index (χ0v) is 16.6. The van der Waals surface area contributed by atoms with Crippen molar-refractivity contribution in [3.8, 4) is 11.4 Å². The highest BCUT2D eigenvalue weighted by molar-refractivity contribution is 9.10. The number of ketones is 1. The largest absolute Gasteiger partial charge is 0.305 e. The number of thioether (sulfide) groups is 1. The van der Waals surface area contributed by atoms with Gasteiger partial charge in [-0.1, -0.05) is 64.1 Å². The van der Waals surface area contributed by atoms with Crippen molar-refractivity contribution >= 4 is 33.5 Å². The molecule has 1 unspecified atom stereocenters. The van der Waals surface area contributed by atoms with Gasteiger partial charge in [-0.15, -0.1) is 10.2 Å². The predicted molar refractivity (Wildman–Crippen MR) is 105 cm³/mol. The molecule has 3 rings (SSSR count). The second-order valence-electron chi connectivity index (χ2n) is 5.81. The van der Waals surface area contributed by atoms with Gasteiger partial charge < -0.3 is 4.57 Å². The Morgan fingerprint density at radius 1 is 1.12 bits per heavy atom. The molecule has 0 aliphatic heterocycles. The van der Waals surface area contributed by atoms with Crippen LogP contribution in [0.15, 0.2) is 58.2 Å². The Morgan fingerprint density at radius 3 is 2.48 bits per heavy atom. The predicted octanol–water partition coefficient (Wildman–Crippen LogP) is 4.92. The Kier molecular flexibility index (Phi) is 5.39. The average molecular weight is 416 g/mol. The highest BCUT2D eigenvalue weighted by Gasteiger charge is 2.20. The van der Waals surface area contributed by atoms with Gasteiger partial charge in [-0.2, -0.15) is 0 Å². The minimum atomic E-state index is -0.242. The van der Waals surface area contributed by atoms with Crippen molar-refractivity contribution in [2.75, 3.05) is 0 Å². The molecule has 3 aromatic rings. The quantitative estimate of drug-likeness (QED) is 0.438. The van der Waals surface area contributed by atoms with Crippen LogP contribution in [0.1, 0.15) is 22.8 Å². The van der Waals surface area contributed by atoms with Crippen LogP contribution in [0.4, 0.5) is 0 Å². The average Bonchev–Trinajstić information content (AvgIpc) is 2.96. The summed E-state index contributed by atoms with van der Waals surface area (Å²) in [6.45, 7) is 3.95. The second-order valence-corrected chi connectivity index (χ2v) is 8.03. The van der Waals surface area contributed by atoms with Gasteiger partial charge in [0.25, 0.3) is 0 Å². The van der Waals surface area contributed by atoms with Crippen molar-refractivity contribution in [2.45, 2.75) is 24.3 Å². The number of carbonyl (C=O) groups is 1. The molecule has 0 aliphatic rings. The zero-order valence-electron chi connectivity index (χ0n) is 14.2. The number of hydrogen-bond donors (Lipinski definition) is 0. The van der Waals surface area contributed by atoms with E-state index in [4.69, 9.17) is 0 Å². The standard InChI is InChI=1S/C19H18BrN3OS/c1-12-6-4-5-7-16(12)18-21-22-19(23(18)3)25-13(2)17(24)14-8-10-15(20)11-9-14/h4-11,13H,1-3H3. The van der Waals surface area contributed by atoms with Crippen molar-refractivity contribution < 1.29 is 4.79 Å². The summed E-state index contributed by atoms with van der Waals surface area (Å²) >= 11 is 4.81. The van der Waals surface area contributed by atoms with Gasteiger partial charge in [0, 0.05) is 22.6 Å². The number of hydrogen-bond acceptors (Lipinski definition) is 4. The molecule has 0 saturated heterocycles. The Hall–Kier alpha value is -1.92. The summed E-state index contributed by atoms with van der Waals surface area (Å²) in [5.41, 5.74) is 2.90. The highest BCUT2D eigenvalue weighted by atomic mass is 79.9. The summed E-state index contributed by atoms with van der Waals surface area (Å²) in [5, 5.41) is 9.09. The summed E-state index contributed by atoms with van der Waals surface area (Å²) in [7, 11) is 1.93. The van der Waals surface area contributed by atoms with Crippen LogP contribution in [-0.4, -0.2) is 25.8 Å². The topological polar surface area (TPSA) is 47.8 Å². The van der Waals surface area contributed by atoms with E-state index in [1.807, 2.05) is 61.0 Å². The molecule has 1 atom stereocenters. The number of nitrogens with zero attached hydrogens (tertiary/aromatic N) is 3. The van der Waals surface area contributed by atoms with Crippen LogP contribution in [-0.2, 0) is 7.05 Å². The number of rotatable bonds is 5. The molecule has 0 spiro atoms. The van der Waals surface area contributed by atoms with Gasteiger partial charge in [-0.05, 0) is 31.5 Å². The molecule has 1 aromatic heterocycles. The van der Waals surface area contributed by atoms with Crippen LogP contribution in [0.5, 0.6) is 0 Å². The third-order valence-corrected chi connectivity index (χ3v) is 5.66. The lowest BCUT2D eigenvalue weighted by molar-refractivity contribution is 0.0994. The number of halogens is 1. The first kappa shape index (κ1) is 17.9. The van der Waals surface area contributed by atoms with Crippen LogP contribution in [0.2, 0.25) is 0 Å². The molecule has 0 amide bonds. The van der Waals surface area contributed by atoms with Gasteiger partial charge in [-0.3, -0.25) is 4.79 Å². The number of benzene rings is 2. The molecule has 4 nitrogen and oxygen atoms in total. The summed E-state index contributed by atoms with van der Waals surface area (Å²) in [4.78, 5) is 12.6. The molecule has 1 heterocycles. The smallest absolute Gasteiger partial charge is 0.191 e. The normalized spacial score (nSPS) is 12.2. The summed E-state index contributed by atoms with van der Waals surface area (Å²) in [6.07, 6.45) is 0. The monoisotopic (exact) mass is 415 g/mol. The van der Waals surface area contributed by atoms with Crippen molar-refractivity contribution in [1.82, 2.24) is 14.8 Å². The Balaban J connectivity index is 1.81. The van der Waals surface area contributed by atoms with Crippen LogP contribution in [0, 0.1) is 6.92 Å². The molecule has 0 fully saturated rings. The molecule has 0 bridgehead atoms. The number of carbonyl (C=O) groups excluding carboxylic acids is 1. The zero-order chi connectivity index (χ0) is 18.0. The lowest BCUT2D eigenvalue weighted by Gasteiger charge is -2.10. The summed E-state index contributed by atoms with van der Waals surface area (Å²) < 4.78 is 2.90. The van der Waals surface area contributed by atoms with Gasteiger partial charge in [-0.25, -0.2) is 0 Å². The SMILES string of the molecule is Cc1ccccc1-c1nnc(SC(C)C(=O)c2ccc(Br)cc2)n1C. The van der Waals surface area contributed by atoms with Gasteiger partial charge >= 0.3 is 0 Å². The fraction of sp³-hybridized carbons (Fsp3) is 0.211. The maximum atomic E-state index is 12.6. The maximum Gasteiger partial charge on any atom is 0.191 e. The number of Topliss-reactive ketones (excluding diaryl/α,β-unsaturated/α-hetero) is 1. The van der Waals surface area contributed by atoms with E-state index in [2.05, 4.69) is 39.1 Å². The van der Waals surface area contributed by atoms with E-state index in [0.717, 1.165) is 26.6 Å². The molecule has 0 radical (unpaired) electrons. The Labute approximate surface area is 159 Å². The van der Waals surface area contributed by atoms with Crippen LogP contribution >= 0.6 is 27.7 Å². The van der Waals surface area contributed by atoms with Crippen molar-refractivity contribution in [3.63, 3.8) is 0 Å². The van der Waals surface area contributed by atoms with Crippen LogP contribution < -0.4 is 0 Å². The lowest BCUT2D eigenvalue weighted by Crippen LogP contribution is -2.14. The van der Waals surface area contributed by atoms with E-state index in [1.165, 1.54) is 11.8 Å². The number of aromatic nitrogens is 3. The van der Waals surface area contributed by atoms with E-state index >= 15 is 0 Å². The molecule has 0 aliphatic carbocycles. The maximum absolute atomic E-state index is 12.6. The minimum absolute atomic E-state index is 0.0814. The van der Waals surface area contributed by atoms with Gasteiger partial charge in [0.05, 0.1) is 5.25 Å². The second kappa shape index (κ2) is 7.54. The Bertz CT molecular complexity index is 905. The summed E-state index contributed by atoms with van der Waals surface area (Å²) in [6, 6.07) is 15.5. The molecular weight excluding hydrogens is 398 g/mol. The Morgan fingerprint density at radius 2 is 1.80 bits per heavy atom. The van der Waals surface area contributed by atoms with Crippen LogP contribution in [0.25, 0.3) is 11.4 Å².